The van der Waals surface area contributed by atoms with Gasteiger partial charge in [-0.1, -0.05) is 0 Å². The highest BCUT2D eigenvalue weighted by Gasteiger charge is 2.34. The Morgan fingerprint density at radius 1 is 1.29 bits per heavy atom. The van der Waals surface area contributed by atoms with E-state index >= 15 is 0 Å². The minimum Gasteiger partial charge on any atom is -0.478 e. The molecule has 0 aliphatic rings. The Labute approximate surface area is 75.8 Å². The van der Waals surface area contributed by atoms with Crippen LogP contribution < -0.4 is 0 Å². The van der Waals surface area contributed by atoms with Gasteiger partial charge >= 0.3 is 12.1 Å². The smallest absolute Gasteiger partial charge is 0.419 e. The lowest BCUT2D eigenvalue weighted by Crippen LogP contribution is -2.09. The van der Waals surface area contributed by atoms with Crippen molar-refractivity contribution in [2.75, 3.05) is 0 Å². The maximum atomic E-state index is 12.7. The normalized spacial score (nSPS) is 11.4. The van der Waals surface area contributed by atoms with Crippen molar-refractivity contribution in [3.8, 4) is 0 Å². The van der Waals surface area contributed by atoms with E-state index in [2.05, 4.69) is 0 Å². The summed E-state index contributed by atoms with van der Waals surface area (Å²) in [6.45, 7) is 0. The van der Waals surface area contributed by atoms with Crippen LogP contribution in [0.5, 0.6) is 0 Å². The molecule has 1 aromatic rings. The Hall–Kier alpha value is -1.59. The lowest BCUT2D eigenvalue weighted by atomic mass is 10.1. The summed E-state index contributed by atoms with van der Waals surface area (Å²) in [7, 11) is 0. The topological polar surface area (TPSA) is 37.3 Å². The number of halogens is 4. The average molecular weight is 208 g/mol. The fourth-order valence-electron chi connectivity index (χ4n) is 0.878. The molecule has 1 aromatic carbocycles. The number of hydrogen-bond acceptors (Lipinski definition) is 1. The number of rotatable bonds is 1. The van der Waals surface area contributed by atoms with Gasteiger partial charge in [-0.3, -0.25) is 0 Å². The van der Waals surface area contributed by atoms with Crippen LogP contribution in [-0.2, 0) is 6.18 Å². The maximum absolute atomic E-state index is 12.7. The predicted octanol–water partition coefficient (Wildman–Crippen LogP) is 2.54. The zero-order valence-electron chi connectivity index (χ0n) is 6.60. The quantitative estimate of drug-likeness (QED) is 0.720. The number of carboxylic acids is 1. The van der Waals surface area contributed by atoms with Crippen LogP contribution in [0.15, 0.2) is 18.2 Å². The molecular formula is C8H4F4O2. The second kappa shape index (κ2) is 3.28. The van der Waals surface area contributed by atoms with Crippen LogP contribution in [0, 0.1) is 5.82 Å². The van der Waals surface area contributed by atoms with Gasteiger partial charge in [-0.05, 0) is 18.2 Å². The molecule has 1 rings (SSSR count). The molecule has 0 radical (unpaired) electrons. The number of aromatic carboxylic acids is 1. The van der Waals surface area contributed by atoms with Gasteiger partial charge in [-0.15, -0.1) is 0 Å². The first-order valence-corrected chi connectivity index (χ1v) is 3.42. The van der Waals surface area contributed by atoms with E-state index in [1.807, 2.05) is 0 Å². The molecule has 0 amide bonds. The van der Waals surface area contributed by atoms with Gasteiger partial charge in [0.2, 0.25) is 0 Å². The molecule has 0 aliphatic heterocycles. The number of carbonyl (C=O) groups is 1. The molecule has 0 atom stereocenters. The molecule has 0 unspecified atom stereocenters. The molecule has 0 aliphatic carbocycles. The Kier molecular flexibility index (Phi) is 2.46. The fraction of sp³-hybridized carbons (Fsp3) is 0.125. The third-order valence-electron chi connectivity index (χ3n) is 1.52. The Morgan fingerprint density at radius 2 is 1.86 bits per heavy atom. The van der Waals surface area contributed by atoms with Crippen molar-refractivity contribution in [3.05, 3.63) is 35.1 Å². The second-order valence-corrected chi connectivity index (χ2v) is 2.50. The number of carboxylic acid groups (broad SMARTS) is 1. The van der Waals surface area contributed by atoms with Gasteiger partial charge in [-0.2, -0.15) is 13.2 Å². The van der Waals surface area contributed by atoms with Crippen molar-refractivity contribution in [1.82, 2.24) is 0 Å². The molecule has 6 heteroatoms. The van der Waals surface area contributed by atoms with E-state index < -0.39 is 29.1 Å². The van der Waals surface area contributed by atoms with Crippen molar-refractivity contribution in [2.45, 2.75) is 6.18 Å². The fourth-order valence-corrected chi connectivity index (χ4v) is 0.878. The minimum atomic E-state index is -4.80. The molecule has 0 heterocycles. The Bertz CT molecular complexity index is 370. The molecule has 0 spiro atoms. The zero-order chi connectivity index (χ0) is 10.9. The SMILES string of the molecule is O=C(O)c1ccc(C(F)(F)F)c(F)c1. The third-order valence-corrected chi connectivity index (χ3v) is 1.52. The van der Waals surface area contributed by atoms with Crippen LogP contribution in [0.4, 0.5) is 17.6 Å². The Morgan fingerprint density at radius 3 is 2.21 bits per heavy atom. The Balaban J connectivity index is 3.21. The van der Waals surface area contributed by atoms with E-state index in [1.54, 1.807) is 0 Å². The van der Waals surface area contributed by atoms with Crippen molar-refractivity contribution >= 4 is 5.97 Å². The average Bonchev–Trinajstić information content (AvgIpc) is 2.01. The van der Waals surface area contributed by atoms with Gasteiger partial charge < -0.3 is 5.11 Å². The van der Waals surface area contributed by atoms with E-state index in [9.17, 15) is 22.4 Å². The number of hydrogen-bond donors (Lipinski definition) is 1. The molecule has 0 bridgehead atoms. The van der Waals surface area contributed by atoms with Crippen molar-refractivity contribution in [2.24, 2.45) is 0 Å². The summed E-state index contributed by atoms with van der Waals surface area (Å²) in [5, 5.41) is 8.36. The summed E-state index contributed by atoms with van der Waals surface area (Å²) in [5.41, 5.74) is -1.99. The summed E-state index contributed by atoms with van der Waals surface area (Å²) in [5.74, 6) is -3.06. The first-order valence-electron chi connectivity index (χ1n) is 3.42. The third kappa shape index (κ3) is 2.01. The summed E-state index contributed by atoms with van der Waals surface area (Å²) in [6, 6.07) is 1.44. The minimum absolute atomic E-state index is 0.338. The summed E-state index contributed by atoms with van der Waals surface area (Å²) in [6.07, 6.45) is -4.80. The second-order valence-electron chi connectivity index (χ2n) is 2.50. The highest BCUT2D eigenvalue weighted by Crippen LogP contribution is 2.31. The first-order chi connectivity index (χ1) is 6.32. The van der Waals surface area contributed by atoms with Gasteiger partial charge in [0.15, 0.2) is 0 Å². The molecule has 1 N–H and O–H groups in total. The van der Waals surface area contributed by atoms with E-state index in [0.29, 0.717) is 18.2 Å². The van der Waals surface area contributed by atoms with Gasteiger partial charge in [0.1, 0.15) is 5.82 Å². The highest BCUT2D eigenvalue weighted by atomic mass is 19.4. The molecule has 0 saturated carbocycles. The van der Waals surface area contributed by atoms with E-state index in [0.717, 1.165) is 0 Å². The maximum Gasteiger partial charge on any atom is 0.419 e. The molecule has 2 nitrogen and oxygen atoms in total. The van der Waals surface area contributed by atoms with Gasteiger partial charge in [0.05, 0.1) is 11.1 Å². The van der Waals surface area contributed by atoms with Crippen LogP contribution in [-0.4, -0.2) is 11.1 Å². The predicted molar refractivity (Wildman–Crippen MR) is 38.4 cm³/mol. The van der Waals surface area contributed by atoms with E-state index in [-0.39, 0.29) is 0 Å². The van der Waals surface area contributed by atoms with Crippen LogP contribution >= 0.6 is 0 Å². The van der Waals surface area contributed by atoms with Crippen molar-refractivity contribution in [1.29, 1.82) is 0 Å². The summed E-state index contributed by atoms with van der Waals surface area (Å²) < 4.78 is 48.7. The molecule has 0 saturated heterocycles. The largest absolute Gasteiger partial charge is 0.478 e. The van der Waals surface area contributed by atoms with Crippen molar-refractivity contribution in [3.63, 3.8) is 0 Å². The first kappa shape index (κ1) is 10.5. The summed E-state index contributed by atoms with van der Waals surface area (Å²) >= 11 is 0. The highest BCUT2D eigenvalue weighted by molar-refractivity contribution is 5.87. The number of alkyl halides is 3. The van der Waals surface area contributed by atoms with Crippen LogP contribution in [0.25, 0.3) is 0 Å². The van der Waals surface area contributed by atoms with Gasteiger partial charge in [0, 0.05) is 0 Å². The van der Waals surface area contributed by atoms with Crippen LogP contribution in [0.2, 0.25) is 0 Å². The number of benzene rings is 1. The van der Waals surface area contributed by atoms with Crippen LogP contribution in [0.1, 0.15) is 15.9 Å². The van der Waals surface area contributed by atoms with E-state index in [1.165, 1.54) is 0 Å². The molecule has 76 valence electrons. The zero-order valence-corrected chi connectivity index (χ0v) is 6.60. The van der Waals surface area contributed by atoms with E-state index in [4.69, 9.17) is 5.11 Å². The van der Waals surface area contributed by atoms with Gasteiger partial charge in [0.25, 0.3) is 0 Å². The molecule has 14 heavy (non-hydrogen) atoms. The molecule has 0 fully saturated rings. The molecular weight excluding hydrogens is 204 g/mol. The summed E-state index contributed by atoms with van der Waals surface area (Å²) in [4.78, 5) is 10.3. The lowest BCUT2D eigenvalue weighted by molar-refractivity contribution is -0.140. The molecule has 0 aromatic heterocycles. The van der Waals surface area contributed by atoms with Crippen molar-refractivity contribution < 1.29 is 27.5 Å². The standard InChI is InChI=1S/C8H4F4O2/c9-6-3-4(7(13)14)1-2-5(6)8(10,11)12/h1-3H,(H,13,14). The van der Waals surface area contributed by atoms with Crippen LogP contribution in [0.3, 0.4) is 0 Å². The lowest BCUT2D eigenvalue weighted by Gasteiger charge is -2.07. The van der Waals surface area contributed by atoms with Gasteiger partial charge in [-0.25, -0.2) is 9.18 Å². The monoisotopic (exact) mass is 208 g/mol.